The Morgan fingerprint density at radius 1 is 1.27 bits per heavy atom. The molecule has 62 valence electrons. The molecule has 0 heterocycles. The molecule has 3 fully saturated rings. The maximum absolute atomic E-state index is 2.64. The van der Waals surface area contributed by atoms with Gasteiger partial charge in [0.1, 0.15) is 0 Å². The molecule has 7 unspecified atom stereocenters. The van der Waals surface area contributed by atoms with Crippen LogP contribution in [0.3, 0.4) is 0 Å². The first-order chi connectivity index (χ1) is 5.22. The summed E-state index contributed by atoms with van der Waals surface area (Å²) < 4.78 is 0.933. The summed E-state index contributed by atoms with van der Waals surface area (Å²) in [5, 5.41) is 0. The average Bonchev–Trinajstić information content (AvgIpc) is 2.76. The molecule has 11 heavy (non-hydrogen) atoms. The lowest BCUT2D eigenvalue weighted by molar-refractivity contribution is 0.411. The number of rotatable bonds is 1. The van der Waals surface area contributed by atoms with Gasteiger partial charge in [-0.05, 0) is 41.9 Å². The summed E-state index contributed by atoms with van der Waals surface area (Å²) in [5.41, 5.74) is 0. The van der Waals surface area contributed by atoms with Crippen molar-refractivity contribution in [2.45, 2.75) is 24.2 Å². The van der Waals surface area contributed by atoms with Crippen LogP contribution in [0.1, 0.15) is 20.3 Å². The van der Waals surface area contributed by atoms with Crippen molar-refractivity contribution < 1.29 is 0 Å². The van der Waals surface area contributed by atoms with Crippen LogP contribution in [0.2, 0.25) is 0 Å². The fraction of sp³-hybridized carbons (Fsp3) is 1.00. The molecule has 0 saturated heterocycles. The molecular weight excluding hydrogens is 247 g/mol. The Kier molecular flexibility index (Phi) is 1.28. The molecule has 7 atom stereocenters. The van der Waals surface area contributed by atoms with Crippen LogP contribution >= 0.6 is 22.6 Å². The lowest BCUT2D eigenvalue weighted by atomic mass is 9.95. The number of halogens is 1. The van der Waals surface area contributed by atoms with Crippen LogP contribution in [0.15, 0.2) is 0 Å². The van der Waals surface area contributed by atoms with Crippen molar-refractivity contribution in [2.24, 2.45) is 35.5 Å². The van der Waals surface area contributed by atoms with E-state index in [0.717, 1.165) is 21.7 Å². The summed E-state index contributed by atoms with van der Waals surface area (Å²) in [4.78, 5) is 0. The molecule has 0 N–H and O–H groups in total. The maximum atomic E-state index is 2.64. The van der Waals surface area contributed by atoms with Crippen LogP contribution in [0.5, 0.6) is 0 Å². The molecule has 1 heteroatoms. The third kappa shape index (κ3) is 0.763. The van der Waals surface area contributed by atoms with Crippen LogP contribution in [0.4, 0.5) is 0 Å². The largest absolute Gasteiger partial charge is 0.0826 e. The third-order valence-corrected chi connectivity index (χ3v) is 5.20. The Morgan fingerprint density at radius 2 is 2.00 bits per heavy atom. The van der Waals surface area contributed by atoms with Crippen LogP contribution in [-0.2, 0) is 0 Å². The Bertz CT molecular complexity index is 199. The van der Waals surface area contributed by atoms with Gasteiger partial charge < -0.3 is 0 Å². The fourth-order valence-corrected chi connectivity index (χ4v) is 4.87. The summed E-state index contributed by atoms with van der Waals surface area (Å²) in [6, 6.07) is 0. The van der Waals surface area contributed by atoms with Gasteiger partial charge in [-0.2, -0.15) is 0 Å². The van der Waals surface area contributed by atoms with E-state index in [-0.39, 0.29) is 0 Å². The second-order valence-electron chi connectivity index (χ2n) is 4.83. The van der Waals surface area contributed by atoms with E-state index in [1.54, 1.807) is 6.42 Å². The van der Waals surface area contributed by atoms with Gasteiger partial charge in [-0.1, -0.05) is 36.4 Å². The van der Waals surface area contributed by atoms with E-state index in [4.69, 9.17) is 0 Å². The molecule has 0 aliphatic heterocycles. The molecule has 0 bridgehead atoms. The SMILES string of the molecule is CC(I)C1C2CC2C2C(C)C12. The highest BCUT2D eigenvalue weighted by molar-refractivity contribution is 14.1. The maximum Gasteiger partial charge on any atom is 0.0115 e. The van der Waals surface area contributed by atoms with E-state index in [9.17, 15) is 0 Å². The van der Waals surface area contributed by atoms with Crippen LogP contribution in [-0.4, -0.2) is 3.92 Å². The predicted molar refractivity (Wildman–Crippen MR) is 54.7 cm³/mol. The van der Waals surface area contributed by atoms with Crippen molar-refractivity contribution in [1.82, 2.24) is 0 Å². The topological polar surface area (TPSA) is 0 Å². The quantitative estimate of drug-likeness (QED) is 0.503. The average molecular weight is 262 g/mol. The standard InChI is InChI=1S/C10H15I/c1-4-8-6-3-7(6)10(5(2)11)9(4)8/h4-10H,3H2,1-2H3. The number of hydrogen-bond donors (Lipinski definition) is 0. The Morgan fingerprint density at radius 3 is 2.45 bits per heavy atom. The highest BCUT2D eigenvalue weighted by Crippen LogP contribution is 2.76. The molecule has 0 aromatic heterocycles. The van der Waals surface area contributed by atoms with Crippen molar-refractivity contribution >= 4 is 22.6 Å². The molecule has 0 spiro atoms. The molecule has 0 radical (unpaired) electrons. The highest BCUT2D eigenvalue weighted by atomic mass is 127. The first-order valence-electron chi connectivity index (χ1n) is 4.86. The zero-order valence-electron chi connectivity index (χ0n) is 7.13. The van der Waals surface area contributed by atoms with Gasteiger partial charge in [0.2, 0.25) is 0 Å². The van der Waals surface area contributed by atoms with E-state index in [2.05, 4.69) is 36.4 Å². The summed E-state index contributed by atoms with van der Waals surface area (Å²) in [5.74, 6) is 6.92. The second kappa shape index (κ2) is 1.97. The van der Waals surface area contributed by atoms with E-state index in [1.165, 1.54) is 17.8 Å². The first kappa shape index (κ1) is 7.16. The van der Waals surface area contributed by atoms with Crippen LogP contribution in [0, 0.1) is 35.5 Å². The van der Waals surface area contributed by atoms with Gasteiger partial charge in [-0.25, -0.2) is 0 Å². The smallest absolute Gasteiger partial charge is 0.0115 e. The van der Waals surface area contributed by atoms with Crippen molar-refractivity contribution in [1.29, 1.82) is 0 Å². The van der Waals surface area contributed by atoms with Crippen LogP contribution < -0.4 is 0 Å². The lowest BCUT2D eigenvalue weighted by Gasteiger charge is -2.17. The minimum Gasteiger partial charge on any atom is -0.0826 e. The van der Waals surface area contributed by atoms with Crippen molar-refractivity contribution in [2.75, 3.05) is 0 Å². The van der Waals surface area contributed by atoms with Crippen LogP contribution in [0.25, 0.3) is 0 Å². The van der Waals surface area contributed by atoms with Crippen molar-refractivity contribution in [3.63, 3.8) is 0 Å². The molecule has 3 aliphatic rings. The van der Waals surface area contributed by atoms with E-state index in [1.807, 2.05) is 0 Å². The number of fused-ring (bicyclic) bond motifs is 3. The molecular formula is C10H15I. The van der Waals surface area contributed by atoms with Crippen molar-refractivity contribution in [3.8, 4) is 0 Å². The van der Waals surface area contributed by atoms with Crippen molar-refractivity contribution in [3.05, 3.63) is 0 Å². The van der Waals surface area contributed by atoms with Gasteiger partial charge >= 0.3 is 0 Å². The third-order valence-electron chi connectivity index (χ3n) is 4.37. The van der Waals surface area contributed by atoms with Gasteiger partial charge in [0.25, 0.3) is 0 Å². The molecule has 0 amide bonds. The predicted octanol–water partition coefficient (Wildman–Crippen LogP) is 2.96. The highest BCUT2D eigenvalue weighted by Gasteiger charge is 2.71. The van der Waals surface area contributed by atoms with Gasteiger partial charge in [-0.3, -0.25) is 0 Å². The minimum atomic E-state index is 0.933. The Labute approximate surface area is 82.3 Å². The molecule has 3 saturated carbocycles. The molecule has 3 rings (SSSR count). The lowest BCUT2D eigenvalue weighted by Crippen LogP contribution is -2.15. The van der Waals surface area contributed by atoms with E-state index >= 15 is 0 Å². The monoisotopic (exact) mass is 262 g/mol. The summed E-state index contributed by atoms with van der Waals surface area (Å²) in [7, 11) is 0. The fourth-order valence-electron chi connectivity index (χ4n) is 3.86. The van der Waals surface area contributed by atoms with Gasteiger partial charge in [0.05, 0.1) is 0 Å². The second-order valence-corrected chi connectivity index (χ2v) is 6.80. The molecule has 0 aromatic rings. The van der Waals surface area contributed by atoms with Gasteiger partial charge in [0.15, 0.2) is 0 Å². The molecule has 3 aliphatic carbocycles. The van der Waals surface area contributed by atoms with Gasteiger partial charge in [0, 0.05) is 3.92 Å². The van der Waals surface area contributed by atoms with E-state index < -0.39 is 0 Å². The zero-order valence-corrected chi connectivity index (χ0v) is 9.28. The number of hydrogen-bond acceptors (Lipinski definition) is 0. The Balaban J connectivity index is 1.85. The summed E-state index contributed by atoms with van der Waals surface area (Å²) >= 11 is 2.64. The first-order valence-corrected chi connectivity index (χ1v) is 6.10. The van der Waals surface area contributed by atoms with E-state index in [0.29, 0.717) is 0 Å². The van der Waals surface area contributed by atoms with Gasteiger partial charge in [-0.15, -0.1) is 0 Å². The zero-order chi connectivity index (χ0) is 7.75. The molecule has 0 nitrogen and oxygen atoms in total. The minimum absolute atomic E-state index is 0.933. The Hall–Kier alpha value is 0.730. The normalized spacial score (nSPS) is 66.8. The summed E-state index contributed by atoms with van der Waals surface area (Å²) in [6.07, 6.45) is 1.59. The molecule has 0 aromatic carbocycles. The number of alkyl halides is 1. The summed E-state index contributed by atoms with van der Waals surface area (Å²) in [6.45, 7) is 4.88.